The van der Waals surface area contributed by atoms with Crippen LogP contribution in [-0.4, -0.2) is 53.1 Å². The van der Waals surface area contributed by atoms with Crippen LogP contribution in [0.4, 0.5) is 0 Å². The fourth-order valence-corrected chi connectivity index (χ4v) is 3.64. The van der Waals surface area contributed by atoms with Crippen LogP contribution in [0.3, 0.4) is 0 Å². The molecule has 18 heavy (non-hydrogen) atoms. The average Bonchev–Trinajstić information content (AvgIpc) is 2.86. The van der Waals surface area contributed by atoms with E-state index < -0.39 is 0 Å². The van der Waals surface area contributed by atoms with Crippen molar-refractivity contribution in [3.8, 4) is 0 Å². The predicted octanol–water partition coefficient (Wildman–Crippen LogP) is 2.00. The number of nitrogens with zero attached hydrogens (tertiary/aromatic N) is 2. The van der Waals surface area contributed by atoms with E-state index in [-0.39, 0.29) is 0 Å². The molecule has 2 unspecified atom stereocenters. The maximum absolute atomic E-state index is 5.71. The van der Waals surface area contributed by atoms with E-state index in [2.05, 4.69) is 16.7 Å². The minimum absolute atomic E-state index is 0.567. The van der Waals surface area contributed by atoms with Gasteiger partial charge in [-0.15, -0.1) is 0 Å². The molecule has 0 amide bonds. The van der Waals surface area contributed by atoms with Gasteiger partial charge in [0.05, 0.1) is 4.99 Å². The highest BCUT2D eigenvalue weighted by Crippen LogP contribution is 2.23. The van der Waals surface area contributed by atoms with Crippen molar-refractivity contribution in [2.24, 2.45) is 5.73 Å². The van der Waals surface area contributed by atoms with Crippen LogP contribution in [-0.2, 0) is 0 Å². The predicted molar refractivity (Wildman–Crippen MR) is 80.9 cm³/mol. The molecule has 2 fully saturated rings. The first kappa shape index (κ1) is 14.2. The SMILES string of the molecule is CCC(CC(N)=S)N1CCC(N2CCCCC2)C1. The van der Waals surface area contributed by atoms with Crippen LogP contribution in [0.1, 0.15) is 45.4 Å². The monoisotopic (exact) mass is 269 g/mol. The van der Waals surface area contributed by atoms with Gasteiger partial charge in [-0.25, -0.2) is 0 Å². The number of thiocarbonyl (C=S) groups is 1. The van der Waals surface area contributed by atoms with Gasteiger partial charge in [-0.1, -0.05) is 25.6 Å². The van der Waals surface area contributed by atoms with E-state index in [1.54, 1.807) is 0 Å². The van der Waals surface area contributed by atoms with E-state index in [0.29, 0.717) is 11.0 Å². The first-order valence-electron chi connectivity index (χ1n) is 7.47. The van der Waals surface area contributed by atoms with Crippen LogP contribution < -0.4 is 5.73 Å². The lowest BCUT2D eigenvalue weighted by molar-refractivity contribution is 0.151. The summed E-state index contributed by atoms with van der Waals surface area (Å²) < 4.78 is 0. The molecule has 3 nitrogen and oxygen atoms in total. The Morgan fingerprint density at radius 3 is 2.61 bits per heavy atom. The van der Waals surface area contributed by atoms with E-state index in [1.165, 1.54) is 51.9 Å². The molecule has 0 aliphatic carbocycles. The van der Waals surface area contributed by atoms with Gasteiger partial charge in [-0.3, -0.25) is 9.80 Å². The van der Waals surface area contributed by atoms with Gasteiger partial charge >= 0.3 is 0 Å². The van der Waals surface area contributed by atoms with Crippen molar-refractivity contribution in [2.75, 3.05) is 26.2 Å². The lowest BCUT2D eigenvalue weighted by Crippen LogP contribution is -2.43. The molecule has 2 N–H and O–H groups in total. The molecular weight excluding hydrogens is 242 g/mol. The molecule has 0 saturated carbocycles. The summed E-state index contributed by atoms with van der Waals surface area (Å²) in [5.74, 6) is 0. The molecule has 0 bridgehead atoms. The van der Waals surface area contributed by atoms with Crippen LogP contribution in [0.2, 0.25) is 0 Å². The number of piperidine rings is 1. The van der Waals surface area contributed by atoms with Crippen LogP contribution in [0, 0.1) is 0 Å². The fraction of sp³-hybridized carbons (Fsp3) is 0.929. The third-order valence-electron chi connectivity index (χ3n) is 4.53. The largest absolute Gasteiger partial charge is 0.393 e. The van der Waals surface area contributed by atoms with Crippen molar-refractivity contribution >= 4 is 17.2 Å². The molecule has 2 heterocycles. The number of hydrogen-bond acceptors (Lipinski definition) is 3. The van der Waals surface area contributed by atoms with Gasteiger partial charge in [0.25, 0.3) is 0 Å². The Bertz CT molecular complexity index is 276. The van der Waals surface area contributed by atoms with Crippen molar-refractivity contribution in [3.05, 3.63) is 0 Å². The average molecular weight is 269 g/mol. The van der Waals surface area contributed by atoms with Gasteiger partial charge in [-0.05, 0) is 38.8 Å². The van der Waals surface area contributed by atoms with Crippen LogP contribution in [0.5, 0.6) is 0 Å². The molecule has 4 heteroatoms. The molecular formula is C14H27N3S. The van der Waals surface area contributed by atoms with Crippen LogP contribution in [0.25, 0.3) is 0 Å². The van der Waals surface area contributed by atoms with Gasteiger partial charge < -0.3 is 5.73 Å². The molecule has 104 valence electrons. The number of nitrogens with two attached hydrogens (primary N) is 1. The molecule has 2 aliphatic rings. The van der Waals surface area contributed by atoms with E-state index in [4.69, 9.17) is 18.0 Å². The zero-order valence-electron chi connectivity index (χ0n) is 11.6. The summed E-state index contributed by atoms with van der Waals surface area (Å²) in [6.45, 7) is 7.32. The standard InChI is InChI=1S/C14H27N3S/c1-2-12(10-14(15)18)17-9-6-13(11-17)16-7-4-3-5-8-16/h12-13H,2-11H2,1H3,(H2,15,18). The lowest BCUT2D eigenvalue weighted by Gasteiger charge is -2.33. The third-order valence-corrected chi connectivity index (χ3v) is 4.69. The zero-order chi connectivity index (χ0) is 13.0. The van der Waals surface area contributed by atoms with Crippen molar-refractivity contribution in [3.63, 3.8) is 0 Å². The minimum Gasteiger partial charge on any atom is -0.393 e. The van der Waals surface area contributed by atoms with Crippen molar-refractivity contribution < 1.29 is 0 Å². The molecule has 2 rings (SSSR count). The van der Waals surface area contributed by atoms with Crippen LogP contribution >= 0.6 is 12.2 Å². The minimum atomic E-state index is 0.567. The molecule has 0 radical (unpaired) electrons. The first-order valence-corrected chi connectivity index (χ1v) is 7.88. The van der Waals surface area contributed by atoms with Gasteiger partial charge in [0.1, 0.15) is 0 Å². The Morgan fingerprint density at radius 2 is 2.00 bits per heavy atom. The second-order valence-electron chi connectivity index (χ2n) is 5.77. The Labute approximate surface area is 117 Å². The zero-order valence-corrected chi connectivity index (χ0v) is 12.4. The molecule has 0 spiro atoms. The second-order valence-corrected chi connectivity index (χ2v) is 6.29. The number of rotatable bonds is 5. The highest BCUT2D eigenvalue weighted by Gasteiger charge is 2.31. The smallest absolute Gasteiger partial charge is 0.0743 e. The van der Waals surface area contributed by atoms with Crippen molar-refractivity contribution in [1.82, 2.24) is 9.80 Å². The normalized spacial score (nSPS) is 28.4. The lowest BCUT2D eigenvalue weighted by atomic mass is 10.1. The molecule has 2 aliphatic heterocycles. The third kappa shape index (κ3) is 3.65. The van der Waals surface area contributed by atoms with Gasteiger partial charge in [0.15, 0.2) is 0 Å². The molecule has 2 saturated heterocycles. The van der Waals surface area contributed by atoms with E-state index >= 15 is 0 Å². The van der Waals surface area contributed by atoms with Crippen molar-refractivity contribution in [2.45, 2.75) is 57.5 Å². The molecule has 2 atom stereocenters. The molecule has 0 aromatic heterocycles. The quantitative estimate of drug-likeness (QED) is 0.774. The summed E-state index contributed by atoms with van der Waals surface area (Å²) in [6.07, 6.45) is 7.57. The summed E-state index contributed by atoms with van der Waals surface area (Å²) in [6, 6.07) is 1.35. The maximum Gasteiger partial charge on any atom is 0.0743 e. The number of likely N-dealkylation sites (tertiary alicyclic amines) is 2. The Balaban J connectivity index is 1.84. The Hall–Kier alpha value is -0.190. The Kier molecular flexibility index (Phi) is 5.39. The van der Waals surface area contributed by atoms with E-state index in [0.717, 1.165) is 18.9 Å². The maximum atomic E-state index is 5.71. The van der Waals surface area contributed by atoms with E-state index in [9.17, 15) is 0 Å². The molecule has 0 aromatic rings. The van der Waals surface area contributed by atoms with Crippen LogP contribution in [0.15, 0.2) is 0 Å². The summed E-state index contributed by atoms with van der Waals surface area (Å²) in [4.78, 5) is 5.98. The highest BCUT2D eigenvalue weighted by molar-refractivity contribution is 7.80. The van der Waals surface area contributed by atoms with Crippen molar-refractivity contribution in [1.29, 1.82) is 0 Å². The Morgan fingerprint density at radius 1 is 1.28 bits per heavy atom. The highest BCUT2D eigenvalue weighted by atomic mass is 32.1. The second kappa shape index (κ2) is 6.83. The van der Waals surface area contributed by atoms with Gasteiger partial charge in [0, 0.05) is 31.6 Å². The van der Waals surface area contributed by atoms with Gasteiger partial charge in [0.2, 0.25) is 0 Å². The van der Waals surface area contributed by atoms with Gasteiger partial charge in [-0.2, -0.15) is 0 Å². The fourth-order valence-electron chi connectivity index (χ4n) is 3.45. The van der Waals surface area contributed by atoms with E-state index in [1.807, 2.05) is 0 Å². The summed E-state index contributed by atoms with van der Waals surface area (Å²) in [7, 11) is 0. The summed E-state index contributed by atoms with van der Waals surface area (Å²) in [5.41, 5.74) is 5.71. The topological polar surface area (TPSA) is 32.5 Å². The summed E-state index contributed by atoms with van der Waals surface area (Å²) >= 11 is 5.07. The number of hydrogen-bond donors (Lipinski definition) is 1. The summed E-state index contributed by atoms with van der Waals surface area (Å²) in [5, 5.41) is 0. The molecule has 0 aromatic carbocycles. The first-order chi connectivity index (χ1) is 8.70.